The number of aldehydes is 1. The highest BCUT2D eigenvalue weighted by Crippen LogP contribution is 2.14. The molecule has 1 atom stereocenters. The zero-order chi connectivity index (χ0) is 21.2. The second-order valence-corrected chi connectivity index (χ2v) is 5.86. The summed E-state index contributed by atoms with van der Waals surface area (Å²) in [7, 11) is 1.59. The van der Waals surface area contributed by atoms with Crippen molar-refractivity contribution in [3.8, 4) is 0 Å². The van der Waals surface area contributed by atoms with E-state index in [0.717, 1.165) is 12.0 Å². The van der Waals surface area contributed by atoms with E-state index >= 15 is 0 Å². The largest absolute Gasteiger partial charge is 0.480 e. The van der Waals surface area contributed by atoms with Gasteiger partial charge in [0.15, 0.2) is 17.0 Å². The molecule has 2 aromatic rings. The zero-order valence-electron chi connectivity index (χ0n) is 15.7. The number of aromatic nitrogens is 4. The number of hydrogen-bond acceptors (Lipinski definition) is 10. The summed E-state index contributed by atoms with van der Waals surface area (Å²) in [6, 6.07) is 0. The summed E-state index contributed by atoms with van der Waals surface area (Å²) in [5.74, 6) is -0.751. The summed E-state index contributed by atoms with van der Waals surface area (Å²) >= 11 is 0. The van der Waals surface area contributed by atoms with Crippen molar-refractivity contribution in [1.82, 2.24) is 30.6 Å². The number of carboxylic acids is 1. The fraction of sp³-hybridized carbons (Fsp3) is 0.222. The van der Waals surface area contributed by atoms with Crippen LogP contribution in [0, 0.1) is 5.92 Å². The van der Waals surface area contributed by atoms with Crippen LogP contribution < -0.4 is 22.1 Å². The third-order valence-corrected chi connectivity index (χ3v) is 3.57. The Labute approximate surface area is 166 Å². The summed E-state index contributed by atoms with van der Waals surface area (Å²) in [4.78, 5) is 36.8. The van der Waals surface area contributed by atoms with Crippen molar-refractivity contribution in [3.63, 3.8) is 0 Å². The molecule has 0 fully saturated rings. The normalized spacial score (nSPS) is 15.1. The van der Waals surface area contributed by atoms with Crippen LogP contribution >= 0.6 is 0 Å². The maximum absolute atomic E-state index is 10.8. The first kappa shape index (κ1) is 21.4. The van der Waals surface area contributed by atoms with Crippen LogP contribution in [0.25, 0.3) is 11.2 Å². The number of nitrogens with zero attached hydrogens (tertiary/aromatic N) is 4. The number of rotatable bonds is 6. The molecule has 0 spiro atoms. The summed E-state index contributed by atoms with van der Waals surface area (Å²) in [5, 5.41) is 13.5. The predicted molar refractivity (Wildman–Crippen MR) is 108 cm³/mol. The molecule has 3 rings (SSSR count). The number of nitrogens with one attached hydrogen (secondary N) is 2. The maximum Gasteiger partial charge on any atom is 0.317 e. The minimum Gasteiger partial charge on any atom is -0.480 e. The number of nitrogens with two attached hydrogens (primary N) is 2. The molecule has 11 heteroatoms. The van der Waals surface area contributed by atoms with E-state index < -0.39 is 5.97 Å². The Balaban J connectivity index is 0.000000438. The van der Waals surface area contributed by atoms with Crippen LogP contribution in [0.3, 0.4) is 0 Å². The van der Waals surface area contributed by atoms with Gasteiger partial charge in [-0.3, -0.25) is 4.79 Å². The molecule has 0 saturated carbocycles. The van der Waals surface area contributed by atoms with Gasteiger partial charge in [-0.15, -0.1) is 0 Å². The molecule has 2 aromatic heterocycles. The third kappa shape index (κ3) is 6.66. The lowest BCUT2D eigenvalue weighted by Gasteiger charge is -2.07. The number of nitrogen functional groups attached to an aromatic ring is 2. The molecule has 0 radical (unpaired) electrons. The van der Waals surface area contributed by atoms with E-state index in [1.807, 2.05) is 30.4 Å². The molecule has 2 heterocycles. The van der Waals surface area contributed by atoms with Gasteiger partial charge in [0.2, 0.25) is 5.95 Å². The van der Waals surface area contributed by atoms with Crippen molar-refractivity contribution in [2.24, 2.45) is 5.92 Å². The quantitative estimate of drug-likeness (QED) is 0.406. The molecular formula is C18H22N8O3. The molecule has 29 heavy (non-hydrogen) atoms. The van der Waals surface area contributed by atoms with Gasteiger partial charge in [0.1, 0.15) is 6.29 Å². The van der Waals surface area contributed by atoms with Crippen LogP contribution in [0.5, 0.6) is 0 Å². The standard InChI is InChI=1S/C15H15N7O.C3H7NO2/c16-13-12-14(22-15(17)21-13)19-7-11(20-12)6-18-10-3-1-2-9(8-23)4-5-10;1-4-2-3(5)6/h1-5,7-9,18H,6H2,(H4,16,17,19,21,22);4H,2H2,1H3,(H,5,6). The SMILES string of the molecule is CNCC(=O)O.Nc1nc(N)c2nc(CNC3=CC=CC(C=O)C=C3)cnc2n1. The first-order valence-corrected chi connectivity index (χ1v) is 8.59. The Morgan fingerprint density at radius 2 is 2.07 bits per heavy atom. The van der Waals surface area contributed by atoms with Gasteiger partial charge in [0.05, 0.1) is 30.9 Å². The van der Waals surface area contributed by atoms with Crippen molar-refractivity contribution in [3.05, 3.63) is 48.0 Å². The summed E-state index contributed by atoms with van der Waals surface area (Å²) in [6.07, 6.45) is 11.7. The van der Waals surface area contributed by atoms with Gasteiger partial charge in [0, 0.05) is 5.70 Å². The zero-order valence-corrected chi connectivity index (χ0v) is 15.7. The van der Waals surface area contributed by atoms with Crippen molar-refractivity contribution >= 4 is 35.2 Å². The fourth-order valence-corrected chi connectivity index (χ4v) is 2.24. The van der Waals surface area contributed by atoms with E-state index in [1.54, 1.807) is 13.2 Å². The molecule has 11 nitrogen and oxygen atoms in total. The van der Waals surface area contributed by atoms with Gasteiger partial charge in [-0.1, -0.05) is 18.2 Å². The first-order chi connectivity index (χ1) is 13.9. The fourth-order valence-electron chi connectivity index (χ4n) is 2.24. The van der Waals surface area contributed by atoms with E-state index in [9.17, 15) is 9.59 Å². The van der Waals surface area contributed by atoms with E-state index in [2.05, 4.69) is 30.6 Å². The number of carbonyl (C=O) groups excluding carboxylic acids is 1. The van der Waals surface area contributed by atoms with Crippen LogP contribution in [0.1, 0.15) is 5.69 Å². The molecule has 1 aliphatic rings. The number of aliphatic carboxylic acids is 1. The molecule has 0 amide bonds. The third-order valence-electron chi connectivity index (χ3n) is 3.57. The summed E-state index contributed by atoms with van der Waals surface area (Å²) < 4.78 is 0. The van der Waals surface area contributed by atoms with Crippen molar-refractivity contribution in [2.45, 2.75) is 6.54 Å². The van der Waals surface area contributed by atoms with Crippen LogP contribution in [0.4, 0.5) is 11.8 Å². The lowest BCUT2D eigenvalue weighted by Crippen LogP contribution is -2.16. The molecule has 0 aliphatic heterocycles. The lowest BCUT2D eigenvalue weighted by atomic mass is 10.1. The van der Waals surface area contributed by atoms with Gasteiger partial charge < -0.3 is 32.0 Å². The lowest BCUT2D eigenvalue weighted by molar-refractivity contribution is -0.135. The number of allylic oxidation sites excluding steroid dienone is 5. The summed E-state index contributed by atoms with van der Waals surface area (Å²) in [6.45, 7) is 0.489. The number of carbonyl (C=O) groups is 2. The van der Waals surface area contributed by atoms with E-state index in [4.69, 9.17) is 16.6 Å². The van der Waals surface area contributed by atoms with Crippen LogP contribution in [-0.2, 0) is 16.1 Å². The number of carboxylic acid groups (broad SMARTS) is 1. The van der Waals surface area contributed by atoms with Gasteiger partial charge in [-0.2, -0.15) is 9.97 Å². The second kappa shape index (κ2) is 10.5. The van der Waals surface area contributed by atoms with Crippen LogP contribution in [0.2, 0.25) is 0 Å². The van der Waals surface area contributed by atoms with Crippen molar-refractivity contribution < 1.29 is 14.7 Å². The number of hydrogen-bond donors (Lipinski definition) is 5. The monoisotopic (exact) mass is 398 g/mol. The van der Waals surface area contributed by atoms with Crippen LogP contribution in [-0.4, -0.2) is 50.9 Å². The van der Waals surface area contributed by atoms with Gasteiger partial charge in [-0.05, 0) is 19.2 Å². The molecular weight excluding hydrogens is 376 g/mol. The highest BCUT2D eigenvalue weighted by atomic mass is 16.4. The topological polar surface area (TPSA) is 182 Å². The maximum atomic E-state index is 10.8. The molecule has 7 N–H and O–H groups in total. The van der Waals surface area contributed by atoms with Gasteiger partial charge in [-0.25, -0.2) is 9.97 Å². The Morgan fingerprint density at radius 3 is 2.72 bits per heavy atom. The van der Waals surface area contributed by atoms with Crippen LogP contribution in [0.15, 0.2) is 42.3 Å². The second-order valence-electron chi connectivity index (χ2n) is 5.86. The highest BCUT2D eigenvalue weighted by Gasteiger charge is 2.08. The first-order valence-electron chi connectivity index (χ1n) is 8.59. The predicted octanol–water partition coefficient (Wildman–Crippen LogP) is -0.211. The molecule has 0 bridgehead atoms. The van der Waals surface area contributed by atoms with E-state index in [0.29, 0.717) is 23.4 Å². The summed E-state index contributed by atoms with van der Waals surface area (Å²) in [5.41, 5.74) is 13.7. The Kier molecular flexibility index (Phi) is 7.74. The Morgan fingerprint density at radius 1 is 1.28 bits per heavy atom. The van der Waals surface area contributed by atoms with Gasteiger partial charge >= 0.3 is 5.97 Å². The van der Waals surface area contributed by atoms with Crippen molar-refractivity contribution in [1.29, 1.82) is 0 Å². The molecule has 1 unspecified atom stereocenters. The number of anilines is 2. The number of likely N-dealkylation sites (N-methyl/N-ethyl adjacent to an activating group) is 1. The smallest absolute Gasteiger partial charge is 0.317 e. The molecule has 1 aliphatic carbocycles. The van der Waals surface area contributed by atoms with E-state index in [1.165, 1.54) is 0 Å². The number of fused-ring (bicyclic) bond motifs is 1. The van der Waals surface area contributed by atoms with Gasteiger partial charge in [0.25, 0.3) is 0 Å². The minimum atomic E-state index is -0.822. The average molecular weight is 398 g/mol. The average Bonchev–Trinajstić information content (AvgIpc) is 2.92. The van der Waals surface area contributed by atoms with Crippen molar-refractivity contribution in [2.75, 3.05) is 25.1 Å². The van der Waals surface area contributed by atoms with E-state index in [-0.39, 0.29) is 24.2 Å². The Bertz CT molecular complexity index is 971. The minimum absolute atomic E-state index is 0.0417. The highest BCUT2D eigenvalue weighted by molar-refractivity contribution is 5.81. The molecule has 152 valence electrons. The molecule has 0 saturated heterocycles. The Hall–Kier alpha value is -3.86. The molecule has 0 aromatic carbocycles.